The molecule has 4 heteroatoms. The van der Waals surface area contributed by atoms with Crippen LogP contribution in [0.5, 0.6) is 0 Å². The average molecular weight is 266 g/mol. The molecule has 1 aliphatic carbocycles. The zero-order valence-electron chi connectivity index (χ0n) is 10.8. The molecule has 2 aliphatic rings. The average Bonchev–Trinajstić information content (AvgIpc) is 3.01. The summed E-state index contributed by atoms with van der Waals surface area (Å²) in [6.45, 7) is 0. The predicted octanol–water partition coefficient (Wildman–Crippen LogP) is 2.10. The Balaban J connectivity index is 1.80. The third-order valence-electron chi connectivity index (χ3n) is 4.35. The van der Waals surface area contributed by atoms with Crippen LogP contribution in [0.3, 0.4) is 0 Å². The van der Waals surface area contributed by atoms with Crippen LogP contribution in [0.4, 0.5) is 0 Å². The number of nitrogens with one attached hydrogen (secondary N) is 2. The molecule has 1 saturated heterocycles. The molecule has 4 nitrogen and oxygen atoms in total. The number of carbonyl (C=O) groups excluding carboxylic acids is 2. The Bertz CT molecular complexity index is 711. The summed E-state index contributed by atoms with van der Waals surface area (Å²) in [4.78, 5) is 27.2. The third kappa shape index (κ3) is 1.54. The van der Waals surface area contributed by atoms with Crippen molar-refractivity contribution in [3.05, 3.63) is 48.2 Å². The molecule has 4 rings (SSSR count). The van der Waals surface area contributed by atoms with E-state index in [0.29, 0.717) is 6.42 Å². The summed E-state index contributed by atoms with van der Waals surface area (Å²) in [6.07, 6.45) is 4.71. The van der Waals surface area contributed by atoms with E-state index in [1.54, 1.807) is 0 Å². The maximum Gasteiger partial charge on any atom is 0.231 e. The van der Waals surface area contributed by atoms with Gasteiger partial charge < -0.3 is 4.98 Å². The first kappa shape index (κ1) is 11.5. The molecule has 20 heavy (non-hydrogen) atoms. The highest BCUT2D eigenvalue weighted by molar-refractivity contribution is 6.06. The highest BCUT2D eigenvalue weighted by Crippen LogP contribution is 2.40. The number of hydrogen-bond donors (Lipinski definition) is 2. The highest BCUT2D eigenvalue weighted by atomic mass is 16.2. The summed E-state index contributed by atoms with van der Waals surface area (Å²) < 4.78 is 0. The molecule has 2 aromatic rings. The first-order chi connectivity index (χ1) is 9.74. The van der Waals surface area contributed by atoms with Gasteiger partial charge in [0.25, 0.3) is 0 Å². The van der Waals surface area contributed by atoms with E-state index in [1.807, 2.05) is 36.4 Å². The van der Waals surface area contributed by atoms with E-state index >= 15 is 0 Å². The van der Waals surface area contributed by atoms with Crippen molar-refractivity contribution in [3.8, 4) is 0 Å². The Labute approximate surface area is 115 Å². The standard InChI is InChI=1S/C16H14N2O2/c19-15-11-6-3-5-10(14(11)16(20)18-15)13-8-9-4-1-2-7-12(9)17-13/h1-5,7-8,10-11,14,17H,6H2,(H,18,19,20)/t10-,11-,14+/m0/s1. The molecule has 1 aromatic carbocycles. The van der Waals surface area contributed by atoms with Crippen LogP contribution >= 0.6 is 0 Å². The van der Waals surface area contributed by atoms with Gasteiger partial charge in [-0.05, 0) is 23.9 Å². The molecule has 2 amide bonds. The van der Waals surface area contributed by atoms with Gasteiger partial charge in [-0.1, -0.05) is 30.4 Å². The van der Waals surface area contributed by atoms with Crippen LogP contribution in [0.1, 0.15) is 18.0 Å². The molecular formula is C16H14N2O2. The van der Waals surface area contributed by atoms with Gasteiger partial charge in [0.2, 0.25) is 11.8 Å². The zero-order valence-corrected chi connectivity index (χ0v) is 10.8. The predicted molar refractivity (Wildman–Crippen MR) is 74.9 cm³/mol. The Morgan fingerprint density at radius 2 is 1.95 bits per heavy atom. The summed E-state index contributed by atoms with van der Waals surface area (Å²) in [5.41, 5.74) is 2.06. The number of imide groups is 1. The summed E-state index contributed by atoms with van der Waals surface area (Å²) in [5.74, 6) is -0.824. The van der Waals surface area contributed by atoms with E-state index in [9.17, 15) is 9.59 Å². The minimum Gasteiger partial charge on any atom is -0.358 e. The summed E-state index contributed by atoms with van der Waals surface area (Å²) in [7, 11) is 0. The molecule has 0 saturated carbocycles. The lowest BCUT2D eigenvalue weighted by Gasteiger charge is -2.25. The molecule has 100 valence electrons. The summed E-state index contributed by atoms with van der Waals surface area (Å²) >= 11 is 0. The SMILES string of the molecule is O=C1NC(=O)[C@H]2CC=C[C@@H](c3cc4ccccc4[nH]3)[C@@H]12. The van der Waals surface area contributed by atoms with Gasteiger partial charge in [0.05, 0.1) is 11.8 Å². The molecule has 2 N–H and O–H groups in total. The first-order valence-electron chi connectivity index (χ1n) is 6.83. The molecule has 0 unspecified atom stereocenters. The van der Waals surface area contributed by atoms with Crippen molar-refractivity contribution in [3.63, 3.8) is 0 Å². The smallest absolute Gasteiger partial charge is 0.231 e. The van der Waals surface area contributed by atoms with Crippen molar-refractivity contribution in [1.29, 1.82) is 0 Å². The second-order valence-corrected chi connectivity index (χ2v) is 5.49. The van der Waals surface area contributed by atoms with E-state index < -0.39 is 0 Å². The number of carbonyl (C=O) groups is 2. The number of allylic oxidation sites excluding steroid dienone is 2. The maximum atomic E-state index is 12.0. The van der Waals surface area contributed by atoms with Crippen LogP contribution in [0.2, 0.25) is 0 Å². The Kier molecular flexibility index (Phi) is 2.33. The fraction of sp³-hybridized carbons (Fsp3) is 0.250. The normalized spacial score (nSPS) is 28.7. The van der Waals surface area contributed by atoms with Crippen LogP contribution in [0.15, 0.2) is 42.5 Å². The van der Waals surface area contributed by atoms with E-state index in [2.05, 4.69) is 16.4 Å². The van der Waals surface area contributed by atoms with Crippen LogP contribution in [0.25, 0.3) is 10.9 Å². The van der Waals surface area contributed by atoms with Gasteiger partial charge in [0, 0.05) is 17.1 Å². The molecule has 0 spiro atoms. The van der Waals surface area contributed by atoms with Gasteiger partial charge in [0.1, 0.15) is 0 Å². The second-order valence-electron chi connectivity index (χ2n) is 5.49. The van der Waals surface area contributed by atoms with E-state index in [-0.39, 0.29) is 29.6 Å². The van der Waals surface area contributed by atoms with Crippen LogP contribution < -0.4 is 5.32 Å². The van der Waals surface area contributed by atoms with E-state index in [1.165, 1.54) is 0 Å². The molecule has 2 heterocycles. The van der Waals surface area contributed by atoms with Crippen molar-refractivity contribution in [2.75, 3.05) is 0 Å². The van der Waals surface area contributed by atoms with Crippen LogP contribution in [-0.4, -0.2) is 16.8 Å². The molecule has 0 bridgehead atoms. The summed E-state index contributed by atoms with van der Waals surface area (Å²) in [5, 5.41) is 3.59. The van der Waals surface area contributed by atoms with E-state index in [4.69, 9.17) is 0 Å². The molecule has 0 radical (unpaired) electrons. The van der Waals surface area contributed by atoms with Crippen molar-refractivity contribution >= 4 is 22.7 Å². The van der Waals surface area contributed by atoms with Gasteiger partial charge in [-0.3, -0.25) is 14.9 Å². The van der Waals surface area contributed by atoms with E-state index in [0.717, 1.165) is 16.6 Å². The number of H-pyrrole nitrogens is 1. The monoisotopic (exact) mass is 266 g/mol. The molecule has 1 aliphatic heterocycles. The molecule has 3 atom stereocenters. The van der Waals surface area contributed by atoms with Gasteiger partial charge >= 0.3 is 0 Å². The number of hydrogen-bond acceptors (Lipinski definition) is 2. The highest BCUT2D eigenvalue weighted by Gasteiger charge is 2.46. The zero-order chi connectivity index (χ0) is 13.7. The molecular weight excluding hydrogens is 252 g/mol. The number of amides is 2. The fourth-order valence-electron chi connectivity index (χ4n) is 3.37. The third-order valence-corrected chi connectivity index (χ3v) is 4.35. The Hall–Kier alpha value is -2.36. The minimum absolute atomic E-state index is 0.0485. The lowest BCUT2D eigenvalue weighted by Crippen LogP contribution is -2.27. The Morgan fingerprint density at radius 1 is 1.10 bits per heavy atom. The maximum absolute atomic E-state index is 12.0. The number of fused-ring (bicyclic) bond motifs is 2. The lowest BCUT2D eigenvalue weighted by molar-refractivity contribution is -0.126. The Morgan fingerprint density at radius 3 is 2.80 bits per heavy atom. The first-order valence-corrected chi connectivity index (χ1v) is 6.83. The topological polar surface area (TPSA) is 62.0 Å². The fourth-order valence-corrected chi connectivity index (χ4v) is 3.37. The van der Waals surface area contributed by atoms with Gasteiger partial charge in [-0.2, -0.15) is 0 Å². The van der Waals surface area contributed by atoms with Gasteiger partial charge in [-0.15, -0.1) is 0 Å². The van der Waals surface area contributed by atoms with Gasteiger partial charge in [-0.25, -0.2) is 0 Å². The van der Waals surface area contributed by atoms with Gasteiger partial charge in [0.15, 0.2) is 0 Å². The van der Waals surface area contributed by atoms with Crippen molar-refractivity contribution in [2.24, 2.45) is 11.8 Å². The largest absolute Gasteiger partial charge is 0.358 e. The van der Waals surface area contributed by atoms with Crippen molar-refractivity contribution in [1.82, 2.24) is 10.3 Å². The van der Waals surface area contributed by atoms with Crippen LogP contribution in [0, 0.1) is 11.8 Å². The van der Waals surface area contributed by atoms with Crippen molar-refractivity contribution in [2.45, 2.75) is 12.3 Å². The minimum atomic E-state index is -0.277. The number of aromatic nitrogens is 1. The lowest BCUT2D eigenvalue weighted by atomic mass is 9.76. The summed E-state index contributed by atoms with van der Waals surface area (Å²) in [6, 6.07) is 10.1. The van der Waals surface area contributed by atoms with Crippen LogP contribution in [-0.2, 0) is 9.59 Å². The number of benzene rings is 1. The number of rotatable bonds is 1. The number of aromatic amines is 1. The van der Waals surface area contributed by atoms with Crippen molar-refractivity contribution < 1.29 is 9.59 Å². The number of para-hydroxylation sites is 1. The molecule has 1 aromatic heterocycles. The second kappa shape index (κ2) is 4.07. The molecule has 1 fully saturated rings. The quantitative estimate of drug-likeness (QED) is 0.613.